The van der Waals surface area contributed by atoms with Crippen LogP contribution in [0.25, 0.3) is 12.2 Å². The van der Waals surface area contributed by atoms with Crippen LogP contribution >= 0.6 is 15.9 Å². The summed E-state index contributed by atoms with van der Waals surface area (Å²) in [6.45, 7) is 0. The zero-order chi connectivity index (χ0) is 18.5. The minimum Gasteiger partial charge on any atom is -0.497 e. The molecule has 2 aromatic rings. The summed E-state index contributed by atoms with van der Waals surface area (Å²) in [6.07, 6.45) is 5.10. The number of ether oxygens (including phenoxy) is 3. The molecule has 0 fully saturated rings. The van der Waals surface area contributed by atoms with Crippen LogP contribution in [0.4, 0.5) is 0 Å². The molecule has 1 aliphatic heterocycles. The van der Waals surface area contributed by atoms with Gasteiger partial charge in [-0.25, -0.2) is 9.79 Å². The molecule has 0 atom stereocenters. The molecule has 6 heteroatoms. The Balaban J connectivity index is 1.82. The topological polar surface area (TPSA) is 57.1 Å². The molecular weight excluding hydrogens is 398 g/mol. The molecule has 3 rings (SSSR count). The van der Waals surface area contributed by atoms with Crippen LogP contribution < -0.4 is 9.47 Å². The molecule has 2 aromatic carbocycles. The Labute approximate surface area is 159 Å². The SMILES string of the molecule is COc1ccc(/C=C/C2=NC(=C/c3cc(Br)ccc3OC)/C(=O)O2)cc1. The fourth-order valence-corrected chi connectivity index (χ4v) is 2.72. The maximum Gasteiger partial charge on any atom is 0.363 e. The van der Waals surface area contributed by atoms with E-state index in [1.54, 1.807) is 26.4 Å². The fraction of sp³-hybridized carbons (Fsp3) is 0.100. The highest BCUT2D eigenvalue weighted by molar-refractivity contribution is 9.10. The van der Waals surface area contributed by atoms with E-state index < -0.39 is 5.97 Å². The average Bonchev–Trinajstić information content (AvgIpc) is 3.00. The van der Waals surface area contributed by atoms with Crippen molar-refractivity contribution in [2.24, 2.45) is 4.99 Å². The number of hydrogen-bond acceptors (Lipinski definition) is 5. The molecule has 1 aliphatic rings. The van der Waals surface area contributed by atoms with Crippen molar-refractivity contribution in [2.75, 3.05) is 14.2 Å². The highest BCUT2D eigenvalue weighted by Crippen LogP contribution is 2.27. The largest absolute Gasteiger partial charge is 0.497 e. The number of nitrogens with zero attached hydrogens (tertiary/aromatic N) is 1. The van der Waals surface area contributed by atoms with E-state index in [0.29, 0.717) is 5.75 Å². The van der Waals surface area contributed by atoms with Gasteiger partial charge < -0.3 is 14.2 Å². The molecule has 0 amide bonds. The Kier molecular flexibility index (Phi) is 5.53. The zero-order valence-electron chi connectivity index (χ0n) is 14.2. The smallest absolute Gasteiger partial charge is 0.363 e. The third kappa shape index (κ3) is 4.21. The quantitative estimate of drug-likeness (QED) is 0.535. The van der Waals surface area contributed by atoms with Gasteiger partial charge >= 0.3 is 5.97 Å². The van der Waals surface area contributed by atoms with Crippen molar-refractivity contribution in [3.63, 3.8) is 0 Å². The predicted molar refractivity (Wildman–Crippen MR) is 104 cm³/mol. The lowest BCUT2D eigenvalue weighted by Crippen LogP contribution is -2.01. The Morgan fingerprint density at radius 3 is 2.50 bits per heavy atom. The summed E-state index contributed by atoms with van der Waals surface area (Å²) in [5.74, 6) is 1.17. The molecule has 0 N–H and O–H groups in total. The average molecular weight is 414 g/mol. The Hall–Kier alpha value is -2.86. The van der Waals surface area contributed by atoms with Gasteiger partial charge in [0.2, 0.25) is 5.90 Å². The number of carbonyl (C=O) groups is 1. The number of hydrogen-bond donors (Lipinski definition) is 0. The standard InChI is InChI=1S/C20H16BrNO4/c1-24-16-7-3-13(4-8-16)5-10-19-22-17(20(23)26-19)12-14-11-15(21)6-9-18(14)25-2/h3-12H,1-2H3/b10-5+,17-12+. The Morgan fingerprint density at radius 1 is 1.04 bits per heavy atom. The van der Waals surface area contributed by atoms with Crippen molar-refractivity contribution in [2.45, 2.75) is 0 Å². The molecule has 5 nitrogen and oxygen atoms in total. The summed E-state index contributed by atoms with van der Waals surface area (Å²) in [5.41, 5.74) is 1.89. The molecule has 0 bridgehead atoms. The molecule has 0 saturated heterocycles. The number of methoxy groups -OCH3 is 2. The van der Waals surface area contributed by atoms with Gasteiger partial charge in [-0.1, -0.05) is 28.1 Å². The number of benzene rings is 2. The third-order valence-electron chi connectivity index (χ3n) is 3.66. The van der Waals surface area contributed by atoms with Crippen molar-refractivity contribution in [1.29, 1.82) is 0 Å². The molecule has 0 radical (unpaired) electrons. The first-order valence-electron chi connectivity index (χ1n) is 7.77. The normalized spacial score (nSPS) is 15.3. The van der Waals surface area contributed by atoms with E-state index in [-0.39, 0.29) is 11.6 Å². The van der Waals surface area contributed by atoms with Gasteiger partial charge in [0.15, 0.2) is 5.70 Å². The van der Waals surface area contributed by atoms with Gasteiger partial charge in [0, 0.05) is 16.1 Å². The van der Waals surface area contributed by atoms with Crippen LogP contribution in [-0.4, -0.2) is 26.1 Å². The van der Waals surface area contributed by atoms with Gasteiger partial charge in [0.25, 0.3) is 0 Å². The lowest BCUT2D eigenvalue weighted by Gasteiger charge is -2.04. The van der Waals surface area contributed by atoms with Gasteiger partial charge in [0.1, 0.15) is 11.5 Å². The van der Waals surface area contributed by atoms with Crippen LogP contribution in [0.5, 0.6) is 11.5 Å². The number of halogens is 1. The monoisotopic (exact) mass is 413 g/mol. The molecule has 0 aromatic heterocycles. The van der Waals surface area contributed by atoms with E-state index in [1.165, 1.54) is 0 Å². The van der Waals surface area contributed by atoms with Crippen LogP contribution in [0.3, 0.4) is 0 Å². The predicted octanol–water partition coefficient (Wildman–Crippen LogP) is 4.48. The summed E-state index contributed by atoms with van der Waals surface area (Å²) in [4.78, 5) is 16.3. The van der Waals surface area contributed by atoms with E-state index in [9.17, 15) is 4.79 Å². The number of aliphatic imine (C=N–C) groups is 1. The van der Waals surface area contributed by atoms with E-state index in [2.05, 4.69) is 20.9 Å². The van der Waals surface area contributed by atoms with E-state index in [0.717, 1.165) is 21.3 Å². The van der Waals surface area contributed by atoms with E-state index in [4.69, 9.17) is 14.2 Å². The first-order chi connectivity index (χ1) is 12.6. The van der Waals surface area contributed by atoms with Crippen molar-refractivity contribution in [3.8, 4) is 11.5 Å². The Bertz CT molecular complexity index is 914. The van der Waals surface area contributed by atoms with Crippen molar-refractivity contribution >= 4 is 39.9 Å². The lowest BCUT2D eigenvalue weighted by molar-refractivity contribution is -0.129. The highest BCUT2D eigenvalue weighted by atomic mass is 79.9. The van der Waals surface area contributed by atoms with Gasteiger partial charge in [0.05, 0.1) is 14.2 Å². The van der Waals surface area contributed by atoms with Crippen LogP contribution in [0.1, 0.15) is 11.1 Å². The molecule has 0 spiro atoms. The zero-order valence-corrected chi connectivity index (χ0v) is 15.8. The molecule has 132 valence electrons. The summed E-state index contributed by atoms with van der Waals surface area (Å²) in [6, 6.07) is 13.0. The van der Waals surface area contributed by atoms with Crippen molar-refractivity contribution < 1.29 is 19.0 Å². The molecule has 26 heavy (non-hydrogen) atoms. The number of cyclic esters (lactones) is 1. The summed E-state index contributed by atoms with van der Waals surface area (Å²) in [7, 11) is 3.19. The first-order valence-corrected chi connectivity index (χ1v) is 8.56. The second kappa shape index (κ2) is 8.01. The molecule has 0 saturated carbocycles. The van der Waals surface area contributed by atoms with E-state index >= 15 is 0 Å². The minimum absolute atomic E-state index is 0.218. The van der Waals surface area contributed by atoms with Crippen molar-refractivity contribution in [3.05, 3.63) is 69.8 Å². The Morgan fingerprint density at radius 2 is 1.81 bits per heavy atom. The summed E-state index contributed by atoms with van der Waals surface area (Å²) in [5, 5.41) is 0. The number of esters is 1. The first kappa shape index (κ1) is 17.9. The molecule has 0 unspecified atom stereocenters. The van der Waals surface area contributed by atoms with Crippen LogP contribution in [-0.2, 0) is 9.53 Å². The molecule has 0 aliphatic carbocycles. The van der Waals surface area contributed by atoms with Gasteiger partial charge in [-0.2, -0.15) is 0 Å². The summed E-state index contributed by atoms with van der Waals surface area (Å²) < 4.78 is 16.5. The van der Waals surface area contributed by atoms with Crippen molar-refractivity contribution in [1.82, 2.24) is 0 Å². The third-order valence-corrected chi connectivity index (χ3v) is 4.15. The minimum atomic E-state index is -0.499. The lowest BCUT2D eigenvalue weighted by atomic mass is 10.1. The van der Waals surface area contributed by atoms with Gasteiger partial charge in [-0.05, 0) is 48.0 Å². The molecular formula is C20H16BrNO4. The molecule has 1 heterocycles. The maximum atomic E-state index is 12.1. The van der Waals surface area contributed by atoms with Crippen LogP contribution in [0.15, 0.2) is 63.7 Å². The second-order valence-corrected chi connectivity index (χ2v) is 6.28. The highest BCUT2D eigenvalue weighted by Gasteiger charge is 2.21. The van der Waals surface area contributed by atoms with Crippen LogP contribution in [0, 0.1) is 0 Å². The van der Waals surface area contributed by atoms with Gasteiger partial charge in [-0.15, -0.1) is 0 Å². The van der Waals surface area contributed by atoms with Crippen LogP contribution in [0.2, 0.25) is 0 Å². The van der Waals surface area contributed by atoms with Gasteiger partial charge in [-0.3, -0.25) is 0 Å². The summed E-state index contributed by atoms with van der Waals surface area (Å²) >= 11 is 3.41. The fourth-order valence-electron chi connectivity index (χ4n) is 2.34. The number of carbonyl (C=O) groups excluding carboxylic acids is 1. The van der Waals surface area contributed by atoms with E-state index in [1.807, 2.05) is 48.5 Å². The number of rotatable bonds is 5. The maximum absolute atomic E-state index is 12.1. The second-order valence-electron chi connectivity index (χ2n) is 5.36.